The molecule has 1 saturated heterocycles. The van der Waals surface area contributed by atoms with Crippen molar-refractivity contribution < 1.29 is 14.3 Å². The second-order valence-electron chi connectivity index (χ2n) is 6.92. The monoisotopic (exact) mass is 330 g/mol. The van der Waals surface area contributed by atoms with Gasteiger partial charge in [0.2, 0.25) is 11.8 Å². The summed E-state index contributed by atoms with van der Waals surface area (Å²) in [5.41, 5.74) is 1.82. The molecule has 1 aromatic carbocycles. The number of benzene rings is 1. The Morgan fingerprint density at radius 1 is 1.25 bits per heavy atom. The van der Waals surface area contributed by atoms with Crippen LogP contribution in [0.25, 0.3) is 0 Å². The Labute approximate surface area is 143 Å². The van der Waals surface area contributed by atoms with Crippen LogP contribution in [0.3, 0.4) is 0 Å². The van der Waals surface area contributed by atoms with E-state index >= 15 is 0 Å². The topological polar surface area (TPSA) is 58.6 Å². The van der Waals surface area contributed by atoms with Crippen LogP contribution in [0.5, 0.6) is 5.75 Å². The van der Waals surface area contributed by atoms with E-state index in [1.807, 2.05) is 25.1 Å². The van der Waals surface area contributed by atoms with Crippen molar-refractivity contribution in [1.82, 2.24) is 5.32 Å². The maximum Gasteiger partial charge on any atom is 0.227 e. The summed E-state index contributed by atoms with van der Waals surface area (Å²) in [4.78, 5) is 26.7. The summed E-state index contributed by atoms with van der Waals surface area (Å²) in [6.07, 6.45) is 6.01. The number of amides is 2. The number of hydrogen-bond donors (Lipinski definition) is 1. The number of carbonyl (C=O) groups is 2. The van der Waals surface area contributed by atoms with Crippen LogP contribution >= 0.6 is 0 Å². The molecule has 130 valence electrons. The van der Waals surface area contributed by atoms with E-state index in [9.17, 15) is 9.59 Å². The predicted molar refractivity (Wildman–Crippen MR) is 93.2 cm³/mol. The maximum absolute atomic E-state index is 12.5. The average Bonchev–Trinajstić information content (AvgIpc) is 2.97. The number of rotatable bonds is 4. The van der Waals surface area contributed by atoms with Crippen molar-refractivity contribution in [3.8, 4) is 5.75 Å². The van der Waals surface area contributed by atoms with Gasteiger partial charge in [0, 0.05) is 19.0 Å². The third-order valence-corrected chi connectivity index (χ3v) is 5.07. The first kappa shape index (κ1) is 16.8. The standard InChI is InChI=1S/C19H26N2O3/c1-13-8-9-17(24-2)16(10-13)21-12-14(11-18(21)22)19(23)20-15-6-4-3-5-7-15/h8-10,14-15H,3-7,11-12H2,1-2H3,(H,20,23)/t14-/m0/s1. The highest BCUT2D eigenvalue weighted by atomic mass is 16.5. The lowest BCUT2D eigenvalue weighted by Crippen LogP contribution is -2.40. The second-order valence-corrected chi connectivity index (χ2v) is 6.92. The first-order valence-electron chi connectivity index (χ1n) is 8.84. The first-order valence-corrected chi connectivity index (χ1v) is 8.84. The Morgan fingerprint density at radius 2 is 2.00 bits per heavy atom. The van der Waals surface area contributed by atoms with Crippen molar-refractivity contribution in [1.29, 1.82) is 0 Å². The Hall–Kier alpha value is -2.04. The molecular weight excluding hydrogens is 304 g/mol. The molecule has 0 spiro atoms. The molecule has 0 radical (unpaired) electrons. The summed E-state index contributed by atoms with van der Waals surface area (Å²) in [6.45, 7) is 2.41. The molecule has 1 aliphatic heterocycles. The Morgan fingerprint density at radius 3 is 2.71 bits per heavy atom. The molecule has 5 heteroatoms. The fourth-order valence-electron chi connectivity index (χ4n) is 3.69. The lowest BCUT2D eigenvalue weighted by Gasteiger charge is -2.24. The normalized spacial score (nSPS) is 21.8. The molecule has 2 amide bonds. The lowest BCUT2D eigenvalue weighted by molar-refractivity contribution is -0.127. The number of ether oxygens (including phenoxy) is 1. The fourth-order valence-corrected chi connectivity index (χ4v) is 3.69. The quantitative estimate of drug-likeness (QED) is 0.923. The third-order valence-electron chi connectivity index (χ3n) is 5.07. The molecule has 1 atom stereocenters. The van der Waals surface area contributed by atoms with E-state index in [1.165, 1.54) is 19.3 Å². The van der Waals surface area contributed by atoms with E-state index in [2.05, 4.69) is 5.32 Å². The summed E-state index contributed by atoms with van der Waals surface area (Å²) >= 11 is 0. The van der Waals surface area contributed by atoms with Gasteiger partial charge >= 0.3 is 0 Å². The number of methoxy groups -OCH3 is 1. The van der Waals surface area contributed by atoms with Crippen LogP contribution in [0.15, 0.2) is 18.2 Å². The first-order chi connectivity index (χ1) is 11.6. The third kappa shape index (κ3) is 3.55. The van der Waals surface area contributed by atoms with E-state index in [0.717, 1.165) is 24.1 Å². The van der Waals surface area contributed by atoms with Crippen molar-refractivity contribution in [2.75, 3.05) is 18.6 Å². The highest BCUT2D eigenvalue weighted by molar-refractivity contribution is 6.01. The predicted octanol–water partition coefficient (Wildman–Crippen LogP) is 2.81. The molecular formula is C19H26N2O3. The SMILES string of the molecule is COc1ccc(C)cc1N1C[C@@H](C(=O)NC2CCCCC2)CC1=O. The summed E-state index contributed by atoms with van der Waals surface area (Å²) < 4.78 is 5.38. The Balaban J connectivity index is 1.69. The van der Waals surface area contributed by atoms with Crippen LogP contribution in [0.2, 0.25) is 0 Å². The molecule has 5 nitrogen and oxygen atoms in total. The van der Waals surface area contributed by atoms with Crippen LogP contribution in [0.4, 0.5) is 5.69 Å². The van der Waals surface area contributed by atoms with Crippen molar-refractivity contribution in [3.63, 3.8) is 0 Å². The molecule has 1 saturated carbocycles. The molecule has 2 fully saturated rings. The molecule has 2 aliphatic rings. The zero-order valence-corrected chi connectivity index (χ0v) is 14.5. The summed E-state index contributed by atoms with van der Waals surface area (Å²) in [7, 11) is 1.60. The number of carbonyl (C=O) groups excluding carboxylic acids is 2. The smallest absolute Gasteiger partial charge is 0.227 e. The Kier molecular flexibility index (Phi) is 5.07. The van der Waals surface area contributed by atoms with Crippen molar-refractivity contribution in [2.24, 2.45) is 5.92 Å². The molecule has 24 heavy (non-hydrogen) atoms. The van der Waals surface area contributed by atoms with Crippen LogP contribution in [-0.2, 0) is 9.59 Å². The molecule has 1 heterocycles. The van der Waals surface area contributed by atoms with Gasteiger partial charge < -0.3 is 15.0 Å². The molecule has 0 bridgehead atoms. The van der Waals surface area contributed by atoms with Gasteiger partial charge in [-0.2, -0.15) is 0 Å². The molecule has 3 rings (SSSR count). The van der Waals surface area contributed by atoms with Gasteiger partial charge in [0.05, 0.1) is 18.7 Å². The van der Waals surface area contributed by atoms with Crippen LogP contribution in [0.1, 0.15) is 44.1 Å². The molecule has 1 aromatic rings. The van der Waals surface area contributed by atoms with E-state index in [1.54, 1.807) is 12.0 Å². The minimum absolute atomic E-state index is 0.0114. The molecule has 0 unspecified atom stereocenters. The van der Waals surface area contributed by atoms with E-state index in [-0.39, 0.29) is 30.2 Å². The van der Waals surface area contributed by atoms with E-state index in [0.29, 0.717) is 12.3 Å². The van der Waals surface area contributed by atoms with Gasteiger partial charge in [-0.25, -0.2) is 0 Å². The van der Waals surface area contributed by atoms with Gasteiger partial charge in [-0.1, -0.05) is 25.3 Å². The number of nitrogens with zero attached hydrogens (tertiary/aromatic N) is 1. The summed E-state index contributed by atoms with van der Waals surface area (Å²) in [5.74, 6) is 0.402. The summed E-state index contributed by atoms with van der Waals surface area (Å²) in [6, 6.07) is 6.05. The van der Waals surface area contributed by atoms with E-state index in [4.69, 9.17) is 4.74 Å². The lowest BCUT2D eigenvalue weighted by atomic mass is 9.95. The minimum Gasteiger partial charge on any atom is -0.495 e. The van der Waals surface area contributed by atoms with Gasteiger partial charge in [0.1, 0.15) is 5.75 Å². The minimum atomic E-state index is -0.273. The summed E-state index contributed by atoms with van der Waals surface area (Å²) in [5, 5.41) is 3.14. The highest BCUT2D eigenvalue weighted by Gasteiger charge is 2.37. The van der Waals surface area contributed by atoms with Crippen molar-refractivity contribution in [2.45, 2.75) is 51.5 Å². The largest absolute Gasteiger partial charge is 0.495 e. The molecule has 1 N–H and O–H groups in total. The second kappa shape index (κ2) is 7.24. The maximum atomic E-state index is 12.5. The zero-order chi connectivity index (χ0) is 17.1. The van der Waals surface area contributed by atoms with E-state index < -0.39 is 0 Å². The fraction of sp³-hybridized carbons (Fsp3) is 0.579. The van der Waals surface area contributed by atoms with Crippen molar-refractivity contribution in [3.05, 3.63) is 23.8 Å². The van der Waals surface area contributed by atoms with Gasteiger partial charge in [-0.15, -0.1) is 0 Å². The van der Waals surface area contributed by atoms with Gasteiger partial charge in [0.15, 0.2) is 0 Å². The van der Waals surface area contributed by atoms with Gasteiger partial charge in [0.25, 0.3) is 0 Å². The highest BCUT2D eigenvalue weighted by Crippen LogP contribution is 2.34. The number of aryl methyl sites for hydroxylation is 1. The molecule has 0 aromatic heterocycles. The van der Waals surface area contributed by atoms with Gasteiger partial charge in [-0.3, -0.25) is 9.59 Å². The van der Waals surface area contributed by atoms with Crippen LogP contribution in [-0.4, -0.2) is 31.5 Å². The van der Waals surface area contributed by atoms with Crippen LogP contribution < -0.4 is 15.0 Å². The number of anilines is 1. The number of hydrogen-bond acceptors (Lipinski definition) is 3. The zero-order valence-electron chi connectivity index (χ0n) is 14.5. The number of nitrogens with one attached hydrogen (secondary N) is 1. The average molecular weight is 330 g/mol. The van der Waals surface area contributed by atoms with Gasteiger partial charge in [-0.05, 0) is 37.5 Å². The van der Waals surface area contributed by atoms with Crippen LogP contribution in [0, 0.1) is 12.8 Å². The molecule has 1 aliphatic carbocycles. The van der Waals surface area contributed by atoms with Crippen molar-refractivity contribution >= 4 is 17.5 Å². The Bertz CT molecular complexity index is 623.